The first-order valence-electron chi connectivity index (χ1n) is 4.34. The molecule has 0 atom stereocenters. The van der Waals surface area contributed by atoms with Crippen molar-refractivity contribution in [2.45, 2.75) is 19.9 Å². The molecule has 0 fully saturated rings. The van der Waals surface area contributed by atoms with E-state index < -0.39 is 0 Å². The summed E-state index contributed by atoms with van der Waals surface area (Å²) in [4.78, 5) is 13.4. The minimum atomic E-state index is -0.0843. The Hall–Kier alpha value is -1.17. The normalized spacial score (nSPS) is 10.4. The molecule has 1 aromatic rings. The van der Waals surface area contributed by atoms with Crippen molar-refractivity contribution in [3.05, 3.63) is 5.01 Å². The molecule has 0 aliphatic heterocycles. The lowest BCUT2D eigenvalue weighted by atomic mass is 10.3. The number of carbonyl (C=O) groups is 1. The van der Waals surface area contributed by atoms with Gasteiger partial charge in [0.2, 0.25) is 10.1 Å². The lowest BCUT2D eigenvalue weighted by Gasteiger charge is -2.19. The fourth-order valence-corrected chi connectivity index (χ4v) is 1.48. The molecule has 0 bridgehead atoms. The summed E-state index contributed by atoms with van der Waals surface area (Å²) >= 11 is 1.26. The summed E-state index contributed by atoms with van der Waals surface area (Å²) < 4.78 is 0. The third-order valence-corrected chi connectivity index (χ3v) is 2.85. The molecule has 14 heavy (non-hydrogen) atoms. The molecule has 0 aliphatic carbocycles. The molecule has 1 aromatic heterocycles. The molecule has 78 valence electrons. The smallest absolute Gasteiger partial charge is 0.284 e. The monoisotopic (exact) mass is 214 g/mol. The van der Waals surface area contributed by atoms with Crippen LogP contribution < -0.4 is 5.32 Å². The number of amides is 1. The van der Waals surface area contributed by atoms with E-state index in [1.54, 1.807) is 19.0 Å². The van der Waals surface area contributed by atoms with Gasteiger partial charge in [-0.1, -0.05) is 11.3 Å². The molecule has 1 amide bonds. The van der Waals surface area contributed by atoms with E-state index in [1.807, 2.05) is 13.8 Å². The van der Waals surface area contributed by atoms with Crippen molar-refractivity contribution in [2.75, 3.05) is 19.4 Å². The number of carbonyl (C=O) groups excluding carboxylic acids is 1. The van der Waals surface area contributed by atoms with Crippen LogP contribution in [0.25, 0.3) is 0 Å². The number of nitrogens with one attached hydrogen (secondary N) is 1. The van der Waals surface area contributed by atoms with Crippen LogP contribution in [0.5, 0.6) is 0 Å². The van der Waals surface area contributed by atoms with Crippen LogP contribution in [-0.2, 0) is 0 Å². The highest BCUT2D eigenvalue weighted by Crippen LogP contribution is 2.16. The third-order valence-electron chi connectivity index (χ3n) is 1.92. The van der Waals surface area contributed by atoms with Gasteiger partial charge < -0.3 is 10.2 Å². The summed E-state index contributed by atoms with van der Waals surface area (Å²) in [7, 11) is 3.51. The van der Waals surface area contributed by atoms with E-state index in [2.05, 4.69) is 15.5 Å². The highest BCUT2D eigenvalue weighted by Gasteiger charge is 2.18. The van der Waals surface area contributed by atoms with Crippen molar-refractivity contribution in [3.63, 3.8) is 0 Å². The van der Waals surface area contributed by atoms with Crippen LogP contribution in [-0.4, -0.2) is 41.1 Å². The minimum absolute atomic E-state index is 0.0843. The number of anilines is 1. The summed E-state index contributed by atoms with van der Waals surface area (Å²) in [6.07, 6.45) is 0. The van der Waals surface area contributed by atoms with Crippen molar-refractivity contribution in [1.29, 1.82) is 0 Å². The van der Waals surface area contributed by atoms with Gasteiger partial charge in [-0.2, -0.15) is 0 Å². The van der Waals surface area contributed by atoms with E-state index in [-0.39, 0.29) is 11.9 Å². The van der Waals surface area contributed by atoms with Crippen molar-refractivity contribution >= 4 is 22.4 Å². The number of rotatable bonds is 3. The van der Waals surface area contributed by atoms with Gasteiger partial charge in [-0.25, -0.2) is 0 Å². The quantitative estimate of drug-likeness (QED) is 0.817. The first-order valence-corrected chi connectivity index (χ1v) is 5.16. The Morgan fingerprint density at radius 3 is 2.57 bits per heavy atom. The second-order valence-corrected chi connectivity index (χ2v) is 4.15. The van der Waals surface area contributed by atoms with E-state index in [1.165, 1.54) is 11.3 Å². The Morgan fingerprint density at radius 2 is 2.14 bits per heavy atom. The summed E-state index contributed by atoms with van der Waals surface area (Å²) in [5, 5.41) is 11.5. The lowest BCUT2D eigenvalue weighted by molar-refractivity contribution is 0.0753. The molecule has 0 aromatic carbocycles. The molecule has 5 nitrogen and oxygen atoms in total. The van der Waals surface area contributed by atoms with Crippen molar-refractivity contribution in [1.82, 2.24) is 15.1 Å². The summed E-state index contributed by atoms with van der Waals surface area (Å²) in [6.45, 7) is 3.91. The maximum absolute atomic E-state index is 11.7. The zero-order valence-electron chi connectivity index (χ0n) is 8.74. The molecule has 6 heteroatoms. The van der Waals surface area contributed by atoms with Crippen LogP contribution >= 0.6 is 11.3 Å². The van der Waals surface area contributed by atoms with E-state index >= 15 is 0 Å². The third kappa shape index (κ3) is 2.20. The molecular formula is C8H14N4OS. The predicted molar refractivity (Wildman–Crippen MR) is 56.7 cm³/mol. The highest BCUT2D eigenvalue weighted by molar-refractivity contribution is 7.17. The molecule has 0 radical (unpaired) electrons. The Labute approximate surface area is 87.1 Å². The van der Waals surface area contributed by atoms with Crippen LogP contribution in [0.2, 0.25) is 0 Å². The van der Waals surface area contributed by atoms with Crippen LogP contribution in [0.1, 0.15) is 23.6 Å². The second-order valence-electron chi connectivity index (χ2n) is 3.17. The topological polar surface area (TPSA) is 58.1 Å². The highest BCUT2D eigenvalue weighted by atomic mass is 32.1. The lowest BCUT2D eigenvalue weighted by Crippen LogP contribution is -2.32. The summed E-state index contributed by atoms with van der Waals surface area (Å²) in [5.74, 6) is -0.0843. The van der Waals surface area contributed by atoms with Crippen LogP contribution in [0, 0.1) is 0 Å². The van der Waals surface area contributed by atoms with Gasteiger partial charge in [0.15, 0.2) is 0 Å². The SMILES string of the molecule is CNc1nnc(C(=O)N(C)C(C)C)s1. The number of hydrogen-bond donors (Lipinski definition) is 1. The molecule has 0 saturated carbocycles. The van der Waals surface area contributed by atoms with Gasteiger partial charge in [-0.05, 0) is 13.8 Å². The molecule has 1 N–H and O–H groups in total. The zero-order valence-corrected chi connectivity index (χ0v) is 9.55. The fraction of sp³-hybridized carbons (Fsp3) is 0.625. The molecule has 0 spiro atoms. The minimum Gasteiger partial charge on any atom is -0.363 e. The summed E-state index contributed by atoms with van der Waals surface area (Å²) in [6, 6.07) is 0.171. The maximum atomic E-state index is 11.7. The van der Waals surface area contributed by atoms with Gasteiger partial charge in [0.25, 0.3) is 5.91 Å². The Morgan fingerprint density at radius 1 is 1.50 bits per heavy atom. The van der Waals surface area contributed by atoms with E-state index in [0.29, 0.717) is 10.1 Å². The van der Waals surface area contributed by atoms with Crippen LogP contribution in [0.4, 0.5) is 5.13 Å². The average Bonchev–Trinajstić information content (AvgIpc) is 2.63. The van der Waals surface area contributed by atoms with Crippen molar-refractivity contribution in [2.24, 2.45) is 0 Å². The number of aromatic nitrogens is 2. The largest absolute Gasteiger partial charge is 0.363 e. The predicted octanol–water partition coefficient (Wildman–Crippen LogP) is 1.06. The van der Waals surface area contributed by atoms with Gasteiger partial charge in [-0.15, -0.1) is 10.2 Å². The molecule has 1 heterocycles. The molecular weight excluding hydrogens is 200 g/mol. The fourth-order valence-electron chi connectivity index (χ4n) is 0.796. The number of nitrogens with zero attached hydrogens (tertiary/aromatic N) is 3. The number of hydrogen-bond acceptors (Lipinski definition) is 5. The Balaban J connectivity index is 2.79. The van der Waals surface area contributed by atoms with Gasteiger partial charge in [0.1, 0.15) is 0 Å². The van der Waals surface area contributed by atoms with E-state index in [0.717, 1.165) is 0 Å². The molecule has 0 saturated heterocycles. The first-order chi connectivity index (χ1) is 6.56. The van der Waals surface area contributed by atoms with Crippen molar-refractivity contribution < 1.29 is 4.79 Å². The average molecular weight is 214 g/mol. The van der Waals surface area contributed by atoms with E-state index in [4.69, 9.17) is 0 Å². The van der Waals surface area contributed by atoms with Crippen LogP contribution in [0.15, 0.2) is 0 Å². The maximum Gasteiger partial charge on any atom is 0.284 e. The van der Waals surface area contributed by atoms with Gasteiger partial charge >= 0.3 is 0 Å². The molecule has 0 unspecified atom stereocenters. The zero-order chi connectivity index (χ0) is 10.7. The van der Waals surface area contributed by atoms with Gasteiger partial charge in [0, 0.05) is 20.1 Å². The van der Waals surface area contributed by atoms with Gasteiger partial charge in [0.05, 0.1) is 0 Å². The summed E-state index contributed by atoms with van der Waals surface area (Å²) in [5.41, 5.74) is 0. The van der Waals surface area contributed by atoms with Crippen molar-refractivity contribution in [3.8, 4) is 0 Å². The standard InChI is InChI=1S/C8H14N4OS/c1-5(2)12(4)7(13)6-10-11-8(9-3)14-6/h5H,1-4H3,(H,9,11). The van der Waals surface area contributed by atoms with Crippen LogP contribution in [0.3, 0.4) is 0 Å². The molecule has 1 rings (SSSR count). The first kappa shape index (κ1) is 10.9. The Kier molecular flexibility index (Phi) is 3.40. The Bertz CT molecular complexity index is 323. The molecule has 0 aliphatic rings. The second kappa shape index (κ2) is 4.36. The van der Waals surface area contributed by atoms with Gasteiger partial charge in [-0.3, -0.25) is 4.79 Å². The van der Waals surface area contributed by atoms with E-state index in [9.17, 15) is 4.79 Å².